The lowest BCUT2D eigenvalue weighted by Crippen LogP contribution is -2.12. The number of halogens is 2. The Morgan fingerprint density at radius 2 is 2.19 bits per heavy atom. The summed E-state index contributed by atoms with van der Waals surface area (Å²) in [7, 11) is 0. The molecule has 3 N–H and O–H groups in total. The molecule has 0 atom stereocenters. The number of nitro benzene ring substituents is 1. The van der Waals surface area contributed by atoms with Crippen molar-refractivity contribution in [3.8, 4) is 11.6 Å². The Morgan fingerprint density at radius 3 is 2.76 bits per heavy atom. The molecule has 0 aliphatic carbocycles. The van der Waals surface area contributed by atoms with Crippen molar-refractivity contribution in [2.24, 2.45) is 5.73 Å². The second-order valence-electron chi connectivity index (χ2n) is 3.86. The summed E-state index contributed by atoms with van der Waals surface area (Å²) in [4.78, 5) is 13.5. The fraction of sp³-hybridized carbons (Fsp3) is 0. The summed E-state index contributed by atoms with van der Waals surface area (Å²) < 4.78 is 18.7. The van der Waals surface area contributed by atoms with Crippen LogP contribution >= 0.6 is 11.6 Å². The molecule has 0 bridgehead atoms. The van der Waals surface area contributed by atoms with E-state index in [2.05, 4.69) is 4.98 Å². The molecule has 1 aromatic carbocycles. The monoisotopic (exact) mass is 310 g/mol. The van der Waals surface area contributed by atoms with Gasteiger partial charge in [0.1, 0.15) is 16.6 Å². The van der Waals surface area contributed by atoms with E-state index in [1.807, 2.05) is 0 Å². The molecule has 21 heavy (non-hydrogen) atoms. The third kappa shape index (κ3) is 3.06. The average Bonchev–Trinajstić information content (AvgIpc) is 2.40. The number of pyridine rings is 1. The molecule has 0 aliphatic heterocycles. The number of hydrogen-bond donors (Lipinski definition) is 2. The van der Waals surface area contributed by atoms with E-state index in [4.69, 9.17) is 27.5 Å². The summed E-state index contributed by atoms with van der Waals surface area (Å²) in [5.74, 6) is -1.43. The highest BCUT2D eigenvalue weighted by Gasteiger charge is 2.16. The SMILES string of the molecule is N=C(N)c1ccnc(Oc2ccc([N+](=O)[O-])c(F)c2)c1Cl. The minimum absolute atomic E-state index is 0.0104. The maximum absolute atomic E-state index is 13.5. The summed E-state index contributed by atoms with van der Waals surface area (Å²) in [6, 6.07) is 4.44. The van der Waals surface area contributed by atoms with Crippen molar-refractivity contribution in [2.75, 3.05) is 0 Å². The van der Waals surface area contributed by atoms with Gasteiger partial charge in [0, 0.05) is 23.9 Å². The molecule has 7 nitrogen and oxygen atoms in total. The summed E-state index contributed by atoms with van der Waals surface area (Å²) in [6.45, 7) is 0. The zero-order valence-corrected chi connectivity index (χ0v) is 11.1. The van der Waals surface area contributed by atoms with E-state index in [1.54, 1.807) is 0 Å². The van der Waals surface area contributed by atoms with Gasteiger partial charge in [-0.3, -0.25) is 15.5 Å². The first kappa shape index (κ1) is 14.7. The van der Waals surface area contributed by atoms with Gasteiger partial charge in [-0.25, -0.2) is 4.98 Å². The second kappa shape index (κ2) is 5.71. The molecule has 0 saturated carbocycles. The minimum Gasteiger partial charge on any atom is -0.437 e. The summed E-state index contributed by atoms with van der Waals surface area (Å²) in [5, 5.41) is 17.8. The van der Waals surface area contributed by atoms with Crippen LogP contribution in [0.2, 0.25) is 5.02 Å². The fourth-order valence-electron chi connectivity index (χ4n) is 1.51. The first-order chi connectivity index (χ1) is 9.90. The molecule has 0 spiro atoms. The lowest BCUT2D eigenvalue weighted by Gasteiger charge is -2.09. The first-order valence-electron chi connectivity index (χ1n) is 5.51. The Bertz CT molecular complexity index is 738. The molecule has 0 unspecified atom stereocenters. The molecule has 1 heterocycles. The Kier molecular flexibility index (Phi) is 3.99. The van der Waals surface area contributed by atoms with Gasteiger partial charge >= 0.3 is 5.69 Å². The van der Waals surface area contributed by atoms with Gasteiger partial charge in [0.2, 0.25) is 11.7 Å². The predicted octanol–water partition coefficient (Wildman–Crippen LogP) is 2.86. The van der Waals surface area contributed by atoms with Crippen LogP contribution in [0.25, 0.3) is 0 Å². The number of nitrogen functional groups attached to an aromatic ring is 1. The van der Waals surface area contributed by atoms with Crippen molar-refractivity contribution in [3.63, 3.8) is 0 Å². The molecule has 2 rings (SSSR count). The summed E-state index contributed by atoms with van der Waals surface area (Å²) in [6.07, 6.45) is 1.32. The van der Waals surface area contributed by atoms with E-state index in [-0.39, 0.29) is 28.1 Å². The van der Waals surface area contributed by atoms with Crippen molar-refractivity contribution in [1.82, 2.24) is 4.98 Å². The van der Waals surface area contributed by atoms with Crippen LogP contribution in [0.5, 0.6) is 11.6 Å². The molecule has 0 fully saturated rings. The number of nitro groups is 1. The molecule has 2 aromatic rings. The fourth-order valence-corrected chi connectivity index (χ4v) is 1.77. The molecule has 1 aromatic heterocycles. The molecular formula is C12H8ClFN4O3. The van der Waals surface area contributed by atoms with Gasteiger partial charge in [-0.1, -0.05) is 11.6 Å². The largest absolute Gasteiger partial charge is 0.437 e. The molecular weight excluding hydrogens is 303 g/mol. The molecule has 0 amide bonds. The number of benzene rings is 1. The van der Waals surface area contributed by atoms with E-state index < -0.39 is 16.4 Å². The summed E-state index contributed by atoms with van der Waals surface area (Å²) in [5.41, 5.74) is 4.88. The molecule has 108 valence electrons. The maximum atomic E-state index is 13.5. The number of nitrogens with two attached hydrogens (primary N) is 1. The van der Waals surface area contributed by atoms with Gasteiger partial charge in [-0.05, 0) is 12.1 Å². The second-order valence-corrected chi connectivity index (χ2v) is 4.24. The first-order valence-corrected chi connectivity index (χ1v) is 5.88. The van der Waals surface area contributed by atoms with Crippen LogP contribution < -0.4 is 10.5 Å². The van der Waals surface area contributed by atoms with Gasteiger partial charge in [0.05, 0.1) is 4.92 Å². The standard InChI is InChI=1S/C12H8ClFN4O3/c13-10-7(11(15)16)3-4-17-12(10)21-6-1-2-9(18(19)20)8(14)5-6/h1-5H,(H3,15,16). The van der Waals surface area contributed by atoms with Crippen LogP contribution in [0.1, 0.15) is 5.56 Å². The van der Waals surface area contributed by atoms with E-state index >= 15 is 0 Å². The zero-order chi connectivity index (χ0) is 15.6. The van der Waals surface area contributed by atoms with Gasteiger partial charge < -0.3 is 10.5 Å². The third-order valence-corrected chi connectivity index (χ3v) is 2.84. The highest BCUT2D eigenvalue weighted by atomic mass is 35.5. The number of nitrogens with one attached hydrogen (secondary N) is 1. The van der Waals surface area contributed by atoms with Crippen LogP contribution in [-0.2, 0) is 0 Å². The zero-order valence-electron chi connectivity index (χ0n) is 10.3. The Labute approximate surface area is 122 Å². The molecule has 0 radical (unpaired) electrons. The lowest BCUT2D eigenvalue weighted by atomic mass is 10.2. The van der Waals surface area contributed by atoms with Gasteiger partial charge in [-0.2, -0.15) is 4.39 Å². The van der Waals surface area contributed by atoms with Crippen molar-refractivity contribution < 1.29 is 14.1 Å². The average molecular weight is 311 g/mol. The number of rotatable bonds is 4. The predicted molar refractivity (Wildman–Crippen MR) is 73.4 cm³/mol. The quantitative estimate of drug-likeness (QED) is 0.390. The van der Waals surface area contributed by atoms with Crippen molar-refractivity contribution in [3.05, 3.63) is 57.0 Å². The smallest absolute Gasteiger partial charge is 0.305 e. The van der Waals surface area contributed by atoms with Crippen molar-refractivity contribution >= 4 is 23.1 Å². The van der Waals surface area contributed by atoms with E-state index in [0.717, 1.165) is 12.1 Å². The Hall–Kier alpha value is -2.74. The highest BCUT2D eigenvalue weighted by Crippen LogP contribution is 2.31. The topological polar surface area (TPSA) is 115 Å². The lowest BCUT2D eigenvalue weighted by molar-refractivity contribution is -0.387. The van der Waals surface area contributed by atoms with Gasteiger partial charge in [-0.15, -0.1) is 0 Å². The molecule has 0 aliphatic rings. The number of nitrogens with zero attached hydrogens (tertiary/aromatic N) is 2. The van der Waals surface area contributed by atoms with Crippen LogP contribution in [0.15, 0.2) is 30.5 Å². The van der Waals surface area contributed by atoms with Crippen molar-refractivity contribution in [2.45, 2.75) is 0 Å². The van der Waals surface area contributed by atoms with Crippen LogP contribution in [0.4, 0.5) is 10.1 Å². The Balaban J connectivity index is 2.35. The number of amidine groups is 1. The molecule has 9 heteroatoms. The van der Waals surface area contributed by atoms with Crippen LogP contribution in [0, 0.1) is 21.3 Å². The van der Waals surface area contributed by atoms with E-state index in [0.29, 0.717) is 0 Å². The van der Waals surface area contributed by atoms with Crippen molar-refractivity contribution in [1.29, 1.82) is 5.41 Å². The number of ether oxygens (including phenoxy) is 1. The van der Waals surface area contributed by atoms with Crippen LogP contribution in [-0.4, -0.2) is 15.7 Å². The molecule has 0 saturated heterocycles. The third-order valence-electron chi connectivity index (χ3n) is 2.48. The summed E-state index contributed by atoms with van der Waals surface area (Å²) >= 11 is 5.96. The van der Waals surface area contributed by atoms with E-state index in [9.17, 15) is 14.5 Å². The van der Waals surface area contributed by atoms with Crippen LogP contribution in [0.3, 0.4) is 0 Å². The normalized spacial score (nSPS) is 10.2. The van der Waals surface area contributed by atoms with Gasteiger partial charge in [0.25, 0.3) is 0 Å². The van der Waals surface area contributed by atoms with E-state index in [1.165, 1.54) is 18.3 Å². The minimum atomic E-state index is -1.05. The maximum Gasteiger partial charge on any atom is 0.305 e. The van der Waals surface area contributed by atoms with Gasteiger partial charge in [0.15, 0.2) is 0 Å². The Morgan fingerprint density at radius 1 is 1.48 bits per heavy atom. The number of hydrogen-bond acceptors (Lipinski definition) is 5. The number of aromatic nitrogens is 1. The highest BCUT2D eigenvalue weighted by molar-refractivity contribution is 6.35.